The number of aldehydes is 1. The Hall–Kier alpha value is -1.71. The molecule has 94 valence electrons. The van der Waals surface area contributed by atoms with Gasteiger partial charge in [-0.15, -0.1) is 0 Å². The Morgan fingerprint density at radius 1 is 0.941 bits per heavy atom. The van der Waals surface area contributed by atoms with Crippen LogP contribution in [0, 0.1) is 0 Å². The number of carbonyl (C=O) groups excluding carboxylic acids is 1. The molecule has 0 fully saturated rings. The SMILES string of the molecule is CCOc1cc(C=O)cc(OCC)c1OCC. The number of hydrogen-bond donors (Lipinski definition) is 0. The molecule has 1 aromatic rings. The van der Waals surface area contributed by atoms with Crippen LogP contribution in [0.4, 0.5) is 0 Å². The van der Waals surface area contributed by atoms with Gasteiger partial charge in [-0.05, 0) is 32.9 Å². The maximum atomic E-state index is 10.8. The first-order valence-electron chi connectivity index (χ1n) is 5.78. The Labute approximate surface area is 101 Å². The lowest BCUT2D eigenvalue weighted by Gasteiger charge is -2.15. The molecule has 4 heteroatoms. The summed E-state index contributed by atoms with van der Waals surface area (Å²) < 4.78 is 16.4. The highest BCUT2D eigenvalue weighted by Crippen LogP contribution is 2.38. The molecule has 0 unspecified atom stereocenters. The van der Waals surface area contributed by atoms with E-state index in [2.05, 4.69) is 0 Å². The van der Waals surface area contributed by atoms with Crippen LogP contribution in [0.3, 0.4) is 0 Å². The maximum absolute atomic E-state index is 10.8. The van der Waals surface area contributed by atoms with Crippen LogP contribution in [0.25, 0.3) is 0 Å². The second-order valence-electron chi connectivity index (χ2n) is 3.26. The van der Waals surface area contributed by atoms with Crippen LogP contribution in [0.2, 0.25) is 0 Å². The third kappa shape index (κ3) is 3.37. The largest absolute Gasteiger partial charge is 0.490 e. The average Bonchev–Trinajstić information content (AvgIpc) is 2.33. The van der Waals surface area contributed by atoms with Crippen LogP contribution in [0.1, 0.15) is 31.1 Å². The normalized spacial score (nSPS) is 9.82. The number of ether oxygens (including phenoxy) is 3. The van der Waals surface area contributed by atoms with Crippen LogP contribution >= 0.6 is 0 Å². The standard InChI is InChI=1S/C13H18O4/c1-4-15-11-7-10(9-14)8-12(16-5-2)13(11)17-6-3/h7-9H,4-6H2,1-3H3. The quantitative estimate of drug-likeness (QED) is 0.685. The molecule has 0 spiro atoms. The van der Waals surface area contributed by atoms with E-state index in [9.17, 15) is 4.79 Å². The monoisotopic (exact) mass is 238 g/mol. The molecule has 0 aliphatic heterocycles. The van der Waals surface area contributed by atoms with Gasteiger partial charge in [0.25, 0.3) is 0 Å². The van der Waals surface area contributed by atoms with Crippen molar-refractivity contribution < 1.29 is 19.0 Å². The first-order valence-corrected chi connectivity index (χ1v) is 5.78. The predicted molar refractivity (Wildman–Crippen MR) is 65.3 cm³/mol. The number of rotatable bonds is 7. The molecule has 0 aliphatic carbocycles. The predicted octanol–water partition coefficient (Wildman–Crippen LogP) is 2.70. The van der Waals surface area contributed by atoms with Crippen LogP contribution < -0.4 is 14.2 Å². The highest BCUT2D eigenvalue weighted by Gasteiger charge is 2.14. The second kappa shape index (κ2) is 6.78. The van der Waals surface area contributed by atoms with Crippen LogP contribution in [-0.4, -0.2) is 26.1 Å². The smallest absolute Gasteiger partial charge is 0.203 e. The minimum absolute atomic E-state index is 0.508. The van der Waals surface area contributed by atoms with Gasteiger partial charge in [-0.2, -0.15) is 0 Å². The third-order valence-corrected chi connectivity index (χ3v) is 2.07. The second-order valence-corrected chi connectivity index (χ2v) is 3.26. The summed E-state index contributed by atoms with van der Waals surface area (Å²) in [5.41, 5.74) is 0.514. The number of benzene rings is 1. The first-order chi connectivity index (χ1) is 8.26. The molecule has 0 heterocycles. The molecule has 0 aromatic heterocycles. The van der Waals surface area contributed by atoms with Gasteiger partial charge < -0.3 is 14.2 Å². The van der Waals surface area contributed by atoms with Crippen molar-refractivity contribution >= 4 is 6.29 Å². The summed E-state index contributed by atoms with van der Waals surface area (Å²) in [6.07, 6.45) is 0.765. The van der Waals surface area contributed by atoms with Gasteiger partial charge in [-0.25, -0.2) is 0 Å². The zero-order valence-corrected chi connectivity index (χ0v) is 10.5. The molecule has 0 N–H and O–H groups in total. The van der Waals surface area contributed by atoms with E-state index in [4.69, 9.17) is 14.2 Å². The van der Waals surface area contributed by atoms with Crippen LogP contribution in [-0.2, 0) is 0 Å². The van der Waals surface area contributed by atoms with Crippen LogP contribution in [0.5, 0.6) is 17.2 Å². The van der Waals surface area contributed by atoms with E-state index >= 15 is 0 Å². The lowest BCUT2D eigenvalue weighted by molar-refractivity contribution is 0.112. The molecule has 1 aromatic carbocycles. The molecule has 17 heavy (non-hydrogen) atoms. The van der Waals surface area contributed by atoms with Gasteiger partial charge in [0.05, 0.1) is 19.8 Å². The molecule has 0 aliphatic rings. The van der Waals surface area contributed by atoms with E-state index in [1.54, 1.807) is 12.1 Å². The Kier molecular flexibility index (Phi) is 5.33. The van der Waals surface area contributed by atoms with E-state index in [1.807, 2.05) is 20.8 Å². The van der Waals surface area contributed by atoms with Crippen LogP contribution in [0.15, 0.2) is 12.1 Å². The molecule has 0 radical (unpaired) electrons. The van der Waals surface area contributed by atoms with Crippen molar-refractivity contribution in [3.8, 4) is 17.2 Å². The minimum Gasteiger partial charge on any atom is -0.490 e. The molecule has 0 saturated heterocycles. The summed E-state index contributed by atoms with van der Waals surface area (Å²) in [5.74, 6) is 1.65. The number of carbonyl (C=O) groups is 1. The summed E-state index contributed by atoms with van der Waals surface area (Å²) >= 11 is 0. The minimum atomic E-state index is 0.508. The maximum Gasteiger partial charge on any atom is 0.203 e. The van der Waals surface area contributed by atoms with E-state index in [-0.39, 0.29) is 0 Å². The lowest BCUT2D eigenvalue weighted by atomic mass is 10.2. The van der Waals surface area contributed by atoms with Gasteiger partial charge in [0.1, 0.15) is 6.29 Å². The van der Waals surface area contributed by atoms with Crippen molar-refractivity contribution in [2.45, 2.75) is 20.8 Å². The van der Waals surface area contributed by atoms with Crippen molar-refractivity contribution in [3.63, 3.8) is 0 Å². The molecule has 0 saturated carbocycles. The fourth-order valence-electron chi connectivity index (χ4n) is 1.48. The zero-order chi connectivity index (χ0) is 12.7. The Balaban J connectivity index is 3.21. The van der Waals surface area contributed by atoms with Crippen molar-refractivity contribution in [3.05, 3.63) is 17.7 Å². The number of hydrogen-bond acceptors (Lipinski definition) is 4. The fraction of sp³-hybridized carbons (Fsp3) is 0.462. The fourth-order valence-corrected chi connectivity index (χ4v) is 1.48. The summed E-state index contributed by atoms with van der Waals surface area (Å²) in [5, 5.41) is 0. The van der Waals surface area contributed by atoms with Crippen molar-refractivity contribution in [2.75, 3.05) is 19.8 Å². The Morgan fingerprint density at radius 2 is 1.41 bits per heavy atom. The summed E-state index contributed by atoms with van der Waals surface area (Å²) in [7, 11) is 0. The Bertz CT molecular complexity index is 347. The zero-order valence-electron chi connectivity index (χ0n) is 10.5. The third-order valence-electron chi connectivity index (χ3n) is 2.07. The van der Waals surface area contributed by atoms with Gasteiger partial charge in [0, 0.05) is 5.56 Å². The molecule has 0 atom stereocenters. The van der Waals surface area contributed by atoms with Crippen molar-refractivity contribution in [2.24, 2.45) is 0 Å². The molecule has 0 amide bonds. The summed E-state index contributed by atoms with van der Waals surface area (Å²) in [6, 6.07) is 3.31. The highest BCUT2D eigenvalue weighted by atomic mass is 16.5. The van der Waals surface area contributed by atoms with Crippen molar-refractivity contribution in [1.29, 1.82) is 0 Å². The first kappa shape index (κ1) is 13.4. The molecule has 1 rings (SSSR count). The van der Waals surface area contributed by atoms with Crippen molar-refractivity contribution in [1.82, 2.24) is 0 Å². The van der Waals surface area contributed by atoms with Gasteiger partial charge in [-0.1, -0.05) is 0 Å². The average molecular weight is 238 g/mol. The Morgan fingerprint density at radius 3 is 1.76 bits per heavy atom. The summed E-state index contributed by atoms with van der Waals surface area (Å²) in [6.45, 7) is 7.18. The molecule has 4 nitrogen and oxygen atoms in total. The van der Waals surface area contributed by atoms with Gasteiger partial charge in [-0.3, -0.25) is 4.79 Å². The highest BCUT2D eigenvalue weighted by molar-refractivity contribution is 5.78. The summed E-state index contributed by atoms with van der Waals surface area (Å²) in [4.78, 5) is 10.8. The molecular formula is C13H18O4. The molecular weight excluding hydrogens is 220 g/mol. The van der Waals surface area contributed by atoms with E-state index < -0.39 is 0 Å². The van der Waals surface area contributed by atoms with E-state index in [0.29, 0.717) is 42.6 Å². The van der Waals surface area contributed by atoms with Gasteiger partial charge in [0.2, 0.25) is 5.75 Å². The van der Waals surface area contributed by atoms with Gasteiger partial charge in [0.15, 0.2) is 11.5 Å². The van der Waals surface area contributed by atoms with E-state index in [1.165, 1.54) is 0 Å². The van der Waals surface area contributed by atoms with Gasteiger partial charge >= 0.3 is 0 Å². The molecule has 0 bridgehead atoms. The topological polar surface area (TPSA) is 44.8 Å². The lowest BCUT2D eigenvalue weighted by Crippen LogP contribution is -2.03. The van der Waals surface area contributed by atoms with E-state index in [0.717, 1.165) is 6.29 Å².